The number of aryl methyl sites for hydroxylation is 1. The van der Waals surface area contributed by atoms with E-state index < -0.39 is 5.82 Å². The van der Waals surface area contributed by atoms with Gasteiger partial charge in [-0.2, -0.15) is 0 Å². The van der Waals surface area contributed by atoms with Crippen molar-refractivity contribution >= 4 is 28.4 Å². The number of hydrogen-bond donors (Lipinski definition) is 0. The Balaban J connectivity index is 1.62. The van der Waals surface area contributed by atoms with Crippen molar-refractivity contribution in [3.63, 3.8) is 0 Å². The summed E-state index contributed by atoms with van der Waals surface area (Å²) in [4.78, 5) is 34.5. The van der Waals surface area contributed by atoms with Crippen molar-refractivity contribution in [3.05, 3.63) is 100 Å². The highest BCUT2D eigenvalue weighted by molar-refractivity contribution is 7.99. The summed E-state index contributed by atoms with van der Waals surface area (Å²) >= 11 is 1.21. The zero-order valence-corrected chi connectivity index (χ0v) is 16.8. The number of fused-ring (bicyclic) bond motifs is 1. The fraction of sp³-hybridized carbons (Fsp3) is 0.130. The first-order valence-corrected chi connectivity index (χ1v) is 10.4. The van der Waals surface area contributed by atoms with Crippen LogP contribution in [0.4, 0.5) is 4.39 Å². The Morgan fingerprint density at radius 2 is 1.77 bits per heavy atom. The smallest absolute Gasteiger partial charge is 0.262 e. The number of hydrogen-bond acceptors (Lipinski definition) is 5. The fourth-order valence-electron chi connectivity index (χ4n) is 3.08. The number of para-hydroxylation sites is 1. The minimum absolute atomic E-state index is 0.0972. The maximum atomic E-state index is 13.1. The summed E-state index contributed by atoms with van der Waals surface area (Å²) in [6.45, 7) is 0.404. The topological polar surface area (TPSA) is 64.8 Å². The summed E-state index contributed by atoms with van der Waals surface area (Å²) in [6, 6.07) is 18.3. The van der Waals surface area contributed by atoms with E-state index in [9.17, 15) is 14.0 Å². The van der Waals surface area contributed by atoms with E-state index in [0.29, 0.717) is 34.6 Å². The van der Waals surface area contributed by atoms with Gasteiger partial charge in [-0.3, -0.25) is 19.1 Å². The van der Waals surface area contributed by atoms with Gasteiger partial charge in [0.15, 0.2) is 10.9 Å². The Labute approximate surface area is 176 Å². The van der Waals surface area contributed by atoms with Crippen LogP contribution in [-0.4, -0.2) is 26.1 Å². The average molecular weight is 419 g/mol. The van der Waals surface area contributed by atoms with Crippen LogP contribution >= 0.6 is 11.8 Å². The SMILES string of the molecule is O=C(CSc1nc2ccccc2c(=O)n1CCc1ccccn1)c1ccc(F)cc1. The van der Waals surface area contributed by atoms with Crippen molar-refractivity contribution < 1.29 is 9.18 Å². The van der Waals surface area contributed by atoms with E-state index in [-0.39, 0.29) is 17.1 Å². The molecule has 0 bridgehead atoms. The first-order valence-electron chi connectivity index (χ1n) is 9.43. The maximum absolute atomic E-state index is 13.1. The molecule has 0 saturated carbocycles. The number of halogens is 1. The molecule has 2 heterocycles. The van der Waals surface area contributed by atoms with E-state index >= 15 is 0 Å². The standard InChI is InChI=1S/C23H18FN3O2S/c24-17-10-8-16(9-11-17)21(28)15-30-23-26-20-7-2-1-6-19(20)22(29)27(23)14-12-18-5-3-4-13-25-18/h1-11,13H,12,14-15H2. The fourth-order valence-corrected chi connectivity index (χ4v) is 4.00. The number of aromatic nitrogens is 3. The van der Waals surface area contributed by atoms with Gasteiger partial charge in [0, 0.05) is 30.4 Å². The molecule has 30 heavy (non-hydrogen) atoms. The van der Waals surface area contributed by atoms with E-state index in [4.69, 9.17) is 0 Å². The van der Waals surface area contributed by atoms with Gasteiger partial charge >= 0.3 is 0 Å². The van der Waals surface area contributed by atoms with E-state index in [1.54, 1.807) is 29.0 Å². The van der Waals surface area contributed by atoms with Crippen LogP contribution in [0.3, 0.4) is 0 Å². The molecule has 0 aliphatic carbocycles. The number of pyridine rings is 1. The largest absolute Gasteiger partial charge is 0.293 e. The maximum Gasteiger partial charge on any atom is 0.262 e. The molecule has 2 aromatic heterocycles. The van der Waals surface area contributed by atoms with Gasteiger partial charge in [0.2, 0.25) is 0 Å². The lowest BCUT2D eigenvalue weighted by atomic mass is 10.1. The minimum Gasteiger partial charge on any atom is -0.293 e. The molecule has 0 saturated heterocycles. The van der Waals surface area contributed by atoms with E-state index in [1.807, 2.05) is 24.3 Å². The van der Waals surface area contributed by atoms with Gasteiger partial charge in [0.1, 0.15) is 5.82 Å². The molecule has 7 heteroatoms. The molecule has 0 unspecified atom stereocenters. The van der Waals surface area contributed by atoms with Crippen LogP contribution in [0.5, 0.6) is 0 Å². The number of thioether (sulfide) groups is 1. The summed E-state index contributed by atoms with van der Waals surface area (Å²) in [5, 5.41) is 1.01. The van der Waals surface area contributed by atoms with Crippen LogP contribution in [0.25, 0.3) is 10.9 Å². The third-order valence-electron chi connectivity index (χ3n) is 4.64. The van der Waals surface area contributed by atoms with Crippen molar-refractivity contribution in [1.29, 1.82) is 0 Å². The van der Waals surface area contributed by atoms with E-state index in [1.165, 1.54) is 36.0 Å². The Morgan fingerprint density at radius 3 is 2.53 bits per heavy atom. The molecule has 0 amide bonds. The molecule has 2 aromatic carbocycles. The molecule has 0 aliphatic heterocycles. The molecule has 0 fully saturated rings. The van der Waals surface area contributed by atoms with Gasteiger partial charge in [-0.1, -0.05) is 30.0 Å². The van der Waals surface area contributed by atoms with Gasteiger partial charge in [0.25, 0.3) is 5.56 Å². The minimum atomic E-state index is -0.390. The van der Waals surface area contributed by atoms with Gasteiger partial charge in [-0.05, 0) is 48.5 Å². The third kappa shape index (κ3) is 4.46. The second-order valence-corrected chi connectivity index (χ2v) is 7.60. The molecular weight excluding hydrogens is 401 g/mol. The number of rotatable bonds is 7. The molecule has 0 atom stereocenters. The Bertz CT molecular complexity index is 1240. The first-order chi connectivity index (χ1) is 14.6. The van der Waals surface area contributed by atoms with Crippen molar-refractivity contribution in [2.75, 3.05) is 5.75 Å². The number of Topliss-reactive ketones (excluding diaryl/α,β-unsaturated/α-hetero) is 1. The normalized spacial score (nSPS) is 11.0. The van der Waals surface area contributed by atoms with E-state index in [0.717, 1.165) is 5.69 Å². The molecule has 0 aliphatic rings. The summed E-state index contributed by atoms with van der Waals surface area (Å²) in [5.74, 6) is -0.447. The molecule has 4 rings (SSSR count). The number of nitrogens with zero attached hydrogens (tertiary/aromatic N) is 3. The number of carbonyl (C=O) groups is 1. The average Bonchev–Trinajstić information content (AvgIpc) is 2.78. The van der Waals surface area contributed by atoms with Crippen LogP contribution in [0, 0.1) is 5.82 Å². The number of carbonyl (C=O) groups excluding carboxylic acids is 1. The lowest BCUT2D eigenvalue weighted by Gasteiger charge is -2.13. The van der Waals surface area contributed by atoms with Crippen LogP contribution in [0.2, 0.25) is 0 Å². The van der Waals surface area contributed by atoms with Crippen molar-refractivity contribution in [2.24, 2.45) is 0 Å². The highest BCUT2D eigenvalue weighted by Crippen LogP contribution is 2.20. The number of benzene rings is 2. The Hall–Kier alpha value is -3.32. The molecule has 5 nitrogen and oxygen atoms in total. The van der Waals surface area contributed by atoms with Crippen molar-refractivity contribution in [1.82, 2.24) is 14.5 Å². The lowest BCUT2D eigenvalue weighted by Crippen LogP contribution is -2.25. The third-order valence-corrected chi connectivity index (χ3v) is 5.62. The van der Waals surface area contributed by atoms with Crippen LogP contribution in [0.15, 0.2) is 82.9 Å². The van der Waals surface area contributed by atoms with Crippen molar-refractivity contribution in [2.45, 2.75) is 18.1 Å². The number of ketones is 1. The Morgan fingerprint density at radius 1 is 1.00 bits per heavy atom. The molecule has 0 spiro atoms. The van der Waals surface area contributed by atoms with Crippen molar-refractivity contribution in [3.8, 4) is 0 Å². The van der Waals surface area contributed by atoms with Crippen LogP contribution < -0.4 is 5.56 Å². The second kappa shape index (κ2) is 9.00. The predicted octanol–water partition coefficient (Wildman–Crippen LogP) is 4.15. The molecule has 4 aromatic rings. The molecular formula is C23H18FN3O2S. The summed E-state index contributed by atoms with van der Waals surface area (Å²) < 4.78 is 14.7. The summed E-state index contributed by atoms with van der Waals surface area (Å²) in [7, 11) is 0. The zero-order chi connectivity index (χ0) is 20.9. The van der Waals surface area contributed by atoms with E-state index in [2.05, 4.69) is 9.97 Å². The second-order valence-electron chi connectivity index (χ2n) is 6.66. The predicted molar refractivity (Wildman–Crippen MR) is 115 cm³/mol. The van der Waals surface area contributed by atoms with Gasteiger partial charge in [-0.25, -0.2) is 9.37 Å². The highest BCUT2D eigenvalue weighted by Gasteiger charge is 2.14. The van der Waals surface area contributed by atoms with Crippen LogP contribution in [0.1, 0.15) is 16.1 Å². The molecule has 150 valence electrons. The Kier molecular flexibility index (Phi) is 5.99. The molecule has 0 N–H and O–H groups in total. The quantitative estimate of drug-likeness (QED) is 0.256. The van der Waals surface area contributed by atoms with Gasteiger partial charge in [0.05, 0.1) is 16.7 Å². The monoisotopic (exact) mass is 419 g/mol. The highest BCUT2D eigenvalue weighted by atomic mass is 32.2. The van der Waals surface area contributed by atoms with Gasteiger partial charge < -0.3 is 0 Å². The van der Waals surface area contributed by atoms with Gasteiger partial charge in [-0.15, -0.1) is 0 Å². The zero-order valence-electron chi connectivity index (χ0n) is 16.0. The summed E-state index contributed by atoms with van der Waals surface area (Å²) in [5.41, 5.74) is 1.74. The summed E-state index contributed by atoms with van der Waals surface area (Å²) in [6.07, 6.45) is 2.29. The lowest BCUT2D eigenvalue weighted by molar-refractivity contribution is 0.102. The first kappa shape index (κ1) is 20.0. The van der Waals surface area contributed by atoms with Crippen LogP contribution in [-0.2, 0) is 13.0 Å². The molecule has 0 radical (unpaired) electrons.